The van der Waals surface area contributed by atoms with E-state index in [1.165, 1.54) is 12.7 Å². The van der Waals surface area contributed by atoms with Gasteiger partial charge in [0, 0.05) is 12.1 Å². The molecule has 0 aromatic carbocycles. The van der Waals surface area contributed by atoms with E-state index in [9.17, 15) is 0 Å². The number of anilines is 2. The highest BCUT2D eigenvalue weighted by Crippen LogP contribution is 2.51. The van der Waals surface area contributed by atoms with Crippen LogP contribution in [0.3, 0.4) is 0 Å². The molecule has 0 bridgehead atoms. The Labute approximate surface area is 95.8 Å². The summed E-state index contributed by atoms with van der Waals surface area (Å²) < 4.78 is 0. The van der Waals surface area contributed by atoms with Crippen molar-refractivity contribution in [1.82, 2.24) is 9.97 Å². The van der Waals surface area contributed by atoms with Crippen LogP contribution in [-0.2, 0) is 0 Å². The normalized spacial score (nSPS) is 21.6. The van der Waals surface area contributed by atoms with Gasteiger partial charge in [-0.1, -0.05) is 13.8 Å². The third kappa shape index (κ3) is 2.09. The molecular formula is C11H19N5. The number of hydrogen-bond acceptors (Lipinski definition) is 5. The van der Waals surface area contributed by atoms with Gasteiger partial charge < -0.3 is 10.7 Å². The van der Waals surface area contributed by atoms with Crippen LogP contribution in [0.5, 0.6) is 0 Å². The Balaban J connectivity index is 1.99. The summed E-state index contributed by atoms with van der Waals surface area (Å²) in [6.45, 7) is 7.50. The first-order valence-corrected chi connectivity index (χ1v) is 5.56. The molecule has 1 atom stereocenters. The first kappa shape index (κ1) is 11.1. The molecule has 2 rings (SSSR count). The summed E-state index contributed by atoms with van der Waals surface area (Å²) in [7, 11) is 0. The molecule has 4 N–H and O–H groups in total. The maximum absolute atomic E-state index is 5.36. The molecule has 1 aromatic heterocycles. The zero-order chi connectivity index (χ0) is 11.8. The van der Waals surface area contributed by atoms with Crippen LogP contribution in [0.1, 0.15) is 25.8 Å². The fourth-order valence-corrected chi connectivity index (χ4v) is 1.92. The number of aromatic nitrogens is 2. The van der Waals surface area contributed by atoms with Crippen molar-refractivity contribution in [3.8, 4) is 0 Å². The predicted octanol–water partition coefficient (Wildman–Crippen LogP) is 1.53. The second-order valence-corrected chi connectivity index (χ2v) is 5.11. The summed E-state index contributed by atoms with van der Waals surface area (Å²) in [6, 6.07) is 0. The highest BCUT2D eigenvalue weighted by atomic mass is 15.3. The molecule has 1 aromatic rings. The van der Waals surface area contributed by atoms with Crippen LogP contribution >= 0.6 is 0 Å². The van der Waals surface area contributed by atoms with Gasteiger partial charge >= 0.3 is 0 Å². The predicted molar refractivity (Wildman–Crippen MR) is 65.0 cm³/mol. The van der Waals surface area contributed by atoms with Gasteiger partial charge in [0.15, 0.2) is 0 Å². The second kappa shape index (κ2) is 3.90. The summed E-state index contributed by atoms with van der Waals surface area (Å²) in [6.07, 6.45) is 2.80. The number of rotatable bonds is 4. The lowest BCUT2D eigenvalue weighted by atomic mass is 10.1. The number of nitrogens with one attached hydrogen (secondary N) is 2. The van der Waals surface area contributed by atoms with Crippen molar-refractivity contribution in [3.05, 3.63) is 11.9 Å². The van der Waals surface area contributed by atoms with E-state index in [2.05, 4.69) is 34.6 Å². The molecule has 0 aliphatic heterocycles. The SMILES string of the molecule is Cc1c(NN)ncnc1NCC1CC1(C)C. The first-order valence-electron chi connectivity index (χ1n) is 5.56. The molecular weight excluding hydrogens is 202 g/mol. The van der Waals surface area contributed by atoms with Crippen LogP contribution < -0.4 is 16.6 Å². The van der Waals surface area contributed by atoms with E-state index in [-0.39, 0.29) is 0 Å². The molecule has 1 fully saturated rings. The Bertz CT molecular complexity index is 388. The highest BCUT2D eigenvalue weighted by molar-refractivity contribution is 5.55. The van der Waals surface area contributed by atoms with Gasteiger partial charge in [0.1, 0.15) is 18.0 Å². The number of nitrogens with zero attached hydrogens (tertiary/aromatic N) is 2. The fraction of sp³-hybridized carbons (Fsp3) is 0.636. The van der Waals surface area contributed by atoms with Crippen molar-refractivity contribution in [3.63, 3.8) is 0 Å². The summed E-state index contributed by atoms with van der Waals surface area (Å²) in [5, 5.41) is 3.36. The van der Waals surface area contributed by atoms with Gasteiger partial charge in [-0.2, -0.15) is 0 Å². The minimum absolute atomic E-state index is 0.489. The Morgan fingerprint density at radius 2 is 2.06 bits per heavy atom. The first-order chi connectivity index (χ1) is 7.54. The average Bonchev–Trinajstić information content (AvgIpc) is 2.85. The van der Waals surface area contributed by atoms with E-state index in [1.807, 2.05) is 6.92 Å². The van der Waals surface area contributed by atoms with E-state index in [4.69, 9.17) is 5.84 Å². The van der Waals surface area contributed by atoms with Crippen LogP contribution in [0.25, 0.3) is 0 Å². The molecule has 1 aliphatic rings. The van der Waals surface area contributed by atoms with Crippen LogP contribution in [0, 0.1) is 18.3 Å². The molecule has 0 spiro atoms. The van der Waals surface area contributed by atoms with Gasteiger partial charge in [-0.3, -0.25) is 0 Å². The number of hydrazine groups is 1. The molecule has 0 amide bonds. The van der Waals surface area contributed by atoms with E-state index in [1.54, 1.807) is 0 Å². The highest BCUT2D eigenvalue weighted by Gasteiger charge is 2.45. The van der Waals surface area contributed by atoms with Gasteiger partial charge in [0.05, 0.1) is 0 Å². The molecule has 1 saturated carbocycles. The quantitative estimate of drug-likeness (QED) is 0.531. The Morgan fingerprint density at radius 3 is 2.62 bits per heavy atom. The molecule has 5 heteroatoms. The van der Waals surface area contributed by atoms with Crippen LogP contribution in [0.2, 0.25) is 0 Å². The molecule has 88 valence electrons. The molecule has 1 unspecified atom stereocenters. The summed E-state index contributed by atoms with van der Waals surface area (Å²) in [4.78, 5) is 8.26. The maximum atomic E-state index is 5.36. The van der Waals surface area contributed by atoms with Crippen molar-refractivity contribution in [1.29, 1.82) is 0 Å². The minimum Gasteiger partial charge on any atom is -0.369 e. The lowest BCUT2D eigenvalue weighted by molar-refractivity contribution is 0.572. The lowest BCUT2D eigenvalue weighted by Crippen LogP contribution is -2.14. The van der Waals surface area contributed by atoms with Crippen molar-refractivity contribution < 1.29 is 0 Å². The van der Waals surface area contributed by atoms with Crippen LogP contribution in [0.15, 0.2) is 6.33 Å². The van der Waals surface area contributed by atoms with Crippen molar-refractivity contribution >= 4 is 11.6 Å². The van der Waals surface area contributed by atoms with Gasteiger partial charge in [0.25, 0.3) is 0 Å². The number of nitrogen functional groups attached to an aromatic ring is 1. The average molecular weight is 221 g/mol. The monoisotopic (exact) mass is 221 g/mol. The van der Waals surface area contributed by atoms with Gasteiger partial charge in [0.2, 0.25) is 0 Å². The zero-order valence-corrected chi connectivity index (χ0v) is 10.0. The van der Waals surface area contributed by atoms with Crippen LogP contribution in [-0.4, -0.2) is 16.5 Å². The van der Waals surface area contributed by atoms with Crippen molar-refractivity contribution in [2.75, 3.05) is 17.3 Å². The van der Waals surface area contributed by atoms with E-state index >= 15 is 0 Å². The second-order valence-electron chi connectivity index (χ2n) is 5.11. The Kier molecular flexibility index (Phi) is 2.71. The Morgan fingerprint density at radius 1 is 1.44 bits per heavy atom. The van der Waals surface area contributed by atoms with Crippen molar-refractivity contribution in [2.24, 2.45) is 17.2 Å². The molecule has 16 heavy (non-hydrogen) atoms. The number of nitrogens with two attached hydrogens (primary N) is 1. The van der Waals surface area contributed by atoms with Gasteiger partial charge in [-0.25, -0.2) is 15.8 Å². The molecule has 1 heterocycles. The molecule has 5 nitrogen and oxygen atoms in total. The smallest absolute Gasteiger partial charge is 0.148 e. The lowest BCUT2D eigenvalue weighted by Gasteiger charge is -2.11. The molecule has 1 aliphatic carbocycles. The van der Waals surface area contributed by atoms with Crippen LogP contribution in [0.4, 0.5) is 11.6 Å². The van der Waals surface area contributed by atoms with E-state index < -0.39 is 0 Å². The summed E-state index contributed by atoms with van der Waals surface area (Å²) in [5.41, 5.74) is 4.01. The third-order valence-electron chi connectivity index (χ3n) is 3.45. The Hall–Kier alpha value is -1.36. The van der Waals surface area contributed by atoms with E-state index in [0.717, 1.165) is 23.8 Å². The third-order valence-corrected chi connectivity index (χ3v) is 3.45. The fourth-order valence-electron chi connectivity index (χ4n) is 1.92. The number of hydrogen-bond donors (Lipinski definition) is 3. The molecule has 0 radical (unpaired) electrons. The summed E-state index contributed by atoms with van der Waals surface area (Å²) in [5.74, 6) is 7.65. The topological polar surface area (TPSA) is 75.9 Å². The van der Waals surface area contributed by atoms with Gasteiger partial charge in [-0.15, -0.1) is 0 Å². The maximum Gasteiger partial charge on any atom is 0.148 e. The van der Waals surface area contributed by atoms with E-state index in [0.29, 0.717) is 11.2 Å². The standard InChI is InChI=1S/C11H19N5/c1-7-9(14-6-15-10(7)16-12)13-5-8-4-11(8,2)3/h6,8H,4-5,12H2,1-3H3,(H2,13,14,15,16). The van der Waals surface area contributed by atoms with Gasteiger partial charge in [-0.05, 0) is 24.7 Å². The minimum atomic E-state index is 0.489. The largest absolute Gasteiger partial charge is 0.369 e. The summed E-state index contributed by atoms with van der Waals surface area (Å²) >= 11 is 0. The van der Waals surface area contributed by atoms with Crippen molar-refractivity contribution in [2.45, 2.75) is 27.2 Å². The molecule has 0 saturated heterocycles. The zero-order valence-electron chi connectivity index (χ0n) is 10.0.